The molecule has 0 saturated heterocycles. The zero-order valence-electron chi connectivity index (χ0n) is 16.9. The predicted molar refractivity (Wildman–Crippen MR) is 110 cm³/mol. The molecule has 1 amide bonds. The molecule has 3 aromatic rings. The minimum absolute atomic E-state index is 0.00811. The Kier molecular flexibility index (Phi) is 5.60. The van der Waals surface area contributed by atoms with Crippen LogP contribution in [0.15, 0.2) is 47.0 Å². The van der Waals surface area contributed by atoms with Crippen LogP contribution < -0.4 is 4.74 Å². The van der Waals surface area contributed by atoms with Crippen LogP contribution in [0.4, 0.5) is 0 Å². The Morgan fingerprint density at radius 2 is 2.00 bits per heavy atom. The first kappa shape index (κ1) is 19.2. The van der Waals surface area contributed by atoms with E-state index in [1.807, 2.05) is 43.3 Å². The third-order valence-corrected chi connectivity index (χ3v) is 5.25. The zero-order chi connectivity index (χ0) is 20.2. The van der Waals surface area contributed by atoms with Gasteiger partial charge < -0.3 is 14.2 Å². The fourth-order valence-electron chi connectivity index (χ4n) is 3.64. The molecule has 0 spiro atoms. The molecule has 0 bridgehead atoms. The molecular formula is C23H25N3O3. The molecule has 2 aromatic carbocycles. The number of hydrogen-bond donors (Lipinski definition) is 0. The van der Waals surface area contributed by atoms with Crippen molar-refractivity contribution < 1.29 is 14.1 Å². The van der Waals surface area contributed by atoms with E-state index in [4.69, 9.17) is 9.26 Å². The molecule has 29 heavy (non-hydrogen) atoms. The first-order chi connectivity index (χ1) is 14.1. The molecule has 0 radical (unpaired) electrons. The van der Waals surface area contributed by atoms with Crippen molar-refractivity contribution >= 4 is 5.91 Å². The van der Waals surface area contributed by atoms with Crippen LogP contribution in [0.2, 0.25) is 0 Å². The number of fused-ring (bicyclic) bond motifs is 1. The maximum absolute atomic E-state index is 12.5. The van der Waals surface area contributed by atoms with Crippen LogP contribution in [0.3, 0.4) is 0 Å². The summed E-state index contributed by atoms with van der Waals surface area (Å²) in [6.45, 7) is 2.25. The molecule has 1 aliphatic carbocycles. The summed E-state index contributed by atoms with van der Waals surface area (Å²) in [5.41, 5.74) is 4.60. The lowest BCUT2D eigenvalue weighted by Crippen LogP contribution is -2.31. The molecular weight excluding hydrogens is 366 g/mol. The number of rotatable bonds is 6. The second-order valence-electron chi connectivity index (χ2n) is 7.52. The summed E-state index contributed by atoms with van der Waals surface area (Å²) < 4.78 is 11.2. The van der Waals surface area contributed by atoms with E-state index < -0.39 is 0 Å². The summed E-state index contributed by atoms with van der Waals surface area (Å²) in [6.07, 6.45) is 4.48. The maximum atomic E-state index is 12.5. The first-order valence-electron chi connectivity index (χ1n) is 9.97. The molecule has 0 unspecified atom stereocenters. The molecule has 0 saturated carbocycles. The second-order valence-corrected chi connectivity index (χ2v) is 7.52. The Labute approximate surface area is 170 Å². The van der Waals surface area contributed by atoms with Gasteiger partial charge in [-0.2, -0.15) is 4.98 Å². The highest BCUT2D eigenvalue weighted by molar-refractivity contribution is 5.77. The van der Waals surface area contributed by atoms with Crippen molar-refractivity contribution in [2.75, 3.05) is 13.7 Å². The maximum Gasteiger partial charge on any atom is 0.260 e. The van der Waals surface area contributed by atoms with Gasteiger partial charge in [0.2, 0.25) is 11.7 Å². The van der Waals surface area contributed by atoms with Gasteiger partial charge in [0.1, 0.15) is 5.75 Å². The van der Waals surface area contributed by atoms with Crippen LogP contribution in [-0.4, -0.2) is 34.6 Å². The number of aromatic nitrogens is 2. The Bertz CT molecular complexity index is 1010. The Balaban J connectivity index is 1.36. The average molecular weight is 391 g/mol. The molecule has 0 atom stereocenters. The number of ether oxygens (including phenoxy) is 1. The third kappa shape index (κ3) is 4.47. The predicted octanol–water partition coefficient (Wildman–Crippen LogP) is 3.96. The molecule has 0 fully saturated rings. The Hall–Kier alpha value is -3.15. The van der Waals surface area contributed by atoms with E-state index in [1.165, 1.54) is 24.0 Å². The summed E-state index contributed by atoms with van der Waals surface area (Å²) >= 11 is 0. The lowest BCUT2D eigenvalue weighted by Gasteiger charge is -2.20. The van der Waals surface area contributed by atoms with E-state index in [0.29, 0.717) is 11.7 Å². The normalized spacial score (nSPS) is 13.0. The van der Waals surface area contributed by atoms with E-state index in [1.54, 1.807) is 11.9 Å². The molecule has 1 aromatic heterocycles. The Morgan fingerprint density at radius 1 is 1.17 bits per heavy atom. The summed E-state index contributed by atoms with van der Waals surface area (Å²) in [7, 11) is 1.71. The van der Waals surface area contributed by atoms with Gasteiger partial charge in [-0.1, -0.05) is 41.1 Å². The molecule has 4 rings (SSSR count). The van der Waals surface area contributed by atoms with E-state index in [9.17, 15) is 4.79 Å². The number of hydrogen-bond acceptors (Lipinski definition) is 5. The lowest BCUT2D eigenvalue weighted by atomic mass is 9.91. The van der Waals surface area contributed by atoms with Gasteiger partial charge in [0.25, 0.3) is 5.91 Å². The quantitative estimate of drug-likeness (QED) is 0.636. The van der Waals surface area contributed by atoms with Gasteiger partial charge in [0, 0.05) is 12.6 Å². The first-order valence-corrected chi connectivity index (χ1v) is 9.97. The van der Waals surface area contributed by atoms with Crippen LogP contribution in [0.1, 0.15) is 35.4 Å². The number of nitrogens with zero attached hydrogens (tertiary/aromatic N) is 3. The largest absolute Gasteiger partial charge is 0.483 e. The molecule has 6 nitrogen and oxygen atoms in total. The van der Waals surface area contributed by atoms with Crippen LogP contribution in [0.25, 0.3) is 11.4 Å². The van der Waals surface area contributed by atoms with Crippen molar-refractivity contribution in [2.24, 2.45) is 0 Å². The highest BCUT2D eigenvalue weighted by atomic mass is 16.5. The van der Waals surface area contributed by atoms with Gasteiger partial charge >= 0.3 is 0 Å². The van der Waals surface area contributed by atoms with E-state index in [2.05, 4.69) is 16.2 Å². The van der Waals surface area contributed by atoms with Gasteiger partial charge in [-0.25, -0.2) is 0 Å². The van der Waals surface area contributed by atoms with Crippen LogP contribution in [0, 0.1) is 6.92 Å². The van der Waals surface area contributed by atoms with Crippen molar-refractivity contribution in [2.45, 2.75) is 39.2 Å². The van der Waals surface area contributed by atoms with Gasteiger partial charge in [0.15, 0.2) is 6.61 Å². The molecule has 6 heteroatoms. The molecule has 0 N–H and O–H groups in total. The highest BCUT2D eigenvalue weighted by Crippen LogP contribution is 2.29. The summed E-state index contributed by atoms with van der Waals surface area (Å²) in [5.74, 6) is 1.61. The van der Waals surface area contributed by atoms with Crippen molar-refractivity contribution in [3.8, 4) is 17.1 Å². The fraction of sp³-hybridized carbons (Fsp3) is 0.348. The SMILES string of the molecule is Cc1cccc(-c2noc(CN(C)C(=O)COc3cccc4c3CCCC4)n2)c1. The van der Waals surface area contributed by atoms with Crippen LogP contribution in [-0.2, 0) is 24.2 Å². The summed E-state index contributed by atoms with van der Waals surface area (Å²) in [6, 6.07) is 14.0. The van der Waals surface area contributed by atoms with Gasteiger partial charge in [0.05, 0.1) is 6.54 Å². The standard InChI is InChI=1S/C23H25N3O3/c1-16-7-5-10-18(13-16)23-24-21(29-25-23)14-26(2)22(27)15-28-20-12-6-9-17-8-3-4-11-19(17)20/h5-7,9-10,12-13H,3-4,8,11,14-15H2,1-2H3. The molecule has 1 aliphatic rings. The zero-order valence-corrected chi connectivity index (χ0v) is 16.9. The van der Waals surface area contributed by atoms with Gasteiger partial charge in [-0.3, -0.25) is 4.79 Å². The summed E-state index contributed by atoms with van der Waals surface area (Å²) in [5, 5.41) is 4.03. The number of carbonyl (C=O) groups is 1. The smallest absolute Gasteiger partial charge is 0.260 e. The number of aryl methyl sites for hydroxylation is 2. The van der Waals surface area contributed by atoms with Crippen molar-refractivity contribution in [3.63, 3.8) is 0 Å². The van der Waals surface area contributed by atoms with Crippen molar-refractivity contribution in [3.05, 3.63) is 65.0 Å². The number of amides is 1. The van der Waals surface area contributed by atoms with E-state index in [-0.39, 0.29) is 19.1 Å². The second kappa shape index (κ2) is 8.47. The monoisotopic (exact) mass is 391 g/mol. The molecule has 150 valence electrons. The average Bonchev–Trinajstić information content (AvgIpc) is 3.20. The van der Waals surface area contributed by atoms with Gasteiger partial charge in [-0.05, 0) is 55.9 Å². The highest BCUT2D eigenvalue weighted by Gasteiger charge is 2.18. The number of benzene rings is 2. The topological polar surface area (TPSA) is 68.5 Å². The van der Waals surface area contributed by atoms with Gasteiger partial charge in [-0.15, -0.1) is 0 Å². The number of likely N-dealkylation sites (N-methyl/N-ethyl adjacent to an activating group) is 1. The van der Waals surface area contributed by atoms with Crippen molar-refractivity contribution in [1.82, 2.24) is 15.0 Å². The minimum atomic E-state index is -0.131. The Morgan fingerprint density at radius 3 is 2.86 bits per heavy atom. The van der Waals surface area contributed by atoms with Crippen LogP contribution >= 0.6 is 0 Å². The van der Waals surface area contributed by atoms with Crippen molar-refractivity contribution in [1.29, 1.82) is 0 Å². The third-order valence-electron chi connectivity index (χ3n) is 5.25. The van der Waals surface area contributed by atoms with Crippen LogP contribution in [0.5, 0.6) is 5.75 Å². The minimum Gasteiger partial charge on any atom is -0.483 e. The fourth-order valence-corrected chi connectivity index (χ4v) is 3.64. The summed E-state index contributed by atoms with van der Waals surface area (Å²) in [4.78, 5) is 18.5. The van der Waals surface area contributed by atoms with E-state index >= 15 is 0 Å². The molecule has 0 aliphatic heterocycles. The molecule has 1 heterocycles. The lowest BCUT2D eigenvalue weighted by molar-refractivity contribution is -0.132. The van der Waals surface area contributed by atoms with E-state index in [0.717, 1.165) is 29.7 Å². The number of carbonyl (C=O) groups excluding carboxylic acids is 1.